The minimum atomic E-state index is -2.53. The van der Waals surface area contributed by atoms with Crippen molar-refractivity contribution in [2.75, 3.05) is 12.4 Å². The van der Waals surface area contributed by atoms with Crippen molar-refractivity contribution in [1.82, 2.24) is 0 Å². The number of carbonyl (C=O) groups excluding carboxylic acids is 1. The van der Waals surface area contributed by atoms with E-state index in [1.807, 2.05) is 13.8 Å². The molecule has 0 spiro atoms. The van der Waals surface area contributed by atoms with E-state index in [-0.39, 0.29) is 17.6 Å². The molecule has 1 atom stereocenters. The second kappa shape index (κ2) is 11.4. The van der Waals surface area contributed by atoms with Gasteiger partial charge in [0.15, 0.2) is 0 Å². The minimum Gasteiger partial charge on any atom is -0.465 e. The van der Waals surface area contributed by atoms with Crippen LogP contribution in [0.25, 0.3) is 0 Å². The lowest BCUT2D eigenvalue weighted by Crippen LogP contribution is -2.13. The molecular formula is C15H28F2O2S. The maximum Gasteiger partial charge on any atom is 0.305 e. The van der Waals surface area contributed by atoms with Crippen LogP contribution < -0.4 is 0 Å². The molecule has 0 aliphatic heterocycles. The Hall–Kier alpha value is -0.320. The Bertz CT molecular complexity index is 255. The average molecular weight is 310 g/mol. The van der Waals surface area contributed by atoms with Crippen molar-refractivity contribution in [2.24, 2.45) is 0 Å². The maximum absolute atomic E-state index is 12.6. The van der Waals surface area contributed by atoms with Gasteiger partial charge in [-0.05, 0) is 38.9 Å². The zero-order valence-electron chi connectivity index (χ0n) is 12.9. The molecule has 0 bridgehead atoms. The molecule has 0 aromatic carbocycles. The van der Waals surface area contributed by atoms with Gasteiger partial charge in [0, 0.05) is 18.1 Å². The van der Waals surface area contributed by atoms with Crippen molar-refractivity contribution >= 4 is 17.7 Å². The summed E-state index contributed by atoms with van der Waals surface area (Å²) in [4.78, 5) is 11.3. The molecule has 0 aromatic rings. The van der Waals surface area contributed by atoms with Gasteiger partial charge in [-0.2, -0.15) is 11.8 Å². The van der Waals surface area contributed by atoms with Gasteiger partial charge in [-0.15, -0.1) is 0 Å². The number of unbranched alkanes of at least 4 members (excludes halogenated alkanes) is 3. The molecule has 0 aliphatic rings. The van der Waals surface area contributed by atoms with Crippen LogP contribution in [-0.4, -0.2) is 29.5 Å². The number of rotatable bonds is 12. The summed E-state index contributed by atoms with van der Waals surface area (Å²) >= 11 is 1.74. The summed E-state index contributed by atoms with van der Waals surface area (Å²) in [6.07, 6.45) is 4.69. The van der Waals surface area contributed by atoms with Gasteiger partial charge in [-0.3, -0.25) is 4.79 Å². The third kappa shape index (κ3) is 14.1. The van der Waals surface area contributed by atoms with E-state index in [1.54, 1.807) is 11.8 Å². The first kappa shape index (κ1) is 19.7. The molecule has 0 saturated carbocycles. The molecule has 120 valence electrons. The molecule has 0 N–H and O–H groups in total. The van der Waals surface area contributed by atoms with Crippen molar-refractivity contribution in [3.8, 4) is 0 Å². The summed E-state index contributed by atoms with van der Waals surface area (Å²) in [6, 6.07) is 0. The van der Waals surface area contributed by atoms with E-state index in [9.17, 15) is 13.6 Å². The van der Waals surface area contributed by atoms with Crippen LogP contribution in [0.3, 0.4) is 0 Å². The zero-order chi connectivity index (χ0) is 15.4. The summed E-state index contributed by atoms with van der Waals surface area (Å²) in [5.74, 6) is -1.72. The average Bonchev–Trinajstić information content (AvgIpc) is 2.36. The third-order valence-corrected chi connectivity index (χ3v) is 4.11. The fourth-order valence-corrected chi connectivity index (χ4v) is 2.59. The van der Waals surface area contributed by atoms with E-state index in [0.717, 1.165) is 38.4 Å². The molecule has 0 aromatic heterocycles. The lowest BCUT2D eigenvalue weighted by Gasteiger charge is -2.12. The van der Waals surface area contributed by atoms with Crippen LogP contribution in [0.4, 0.5) is 8.78 Å². The van der Waals surface area contributed by atoms with Gasteiger partial charge in [0.1, 0.15) is 6.61 Å². The van der Waals surface area contributed by atoms with Crippen LogP contribution in [0, 0.1) is 0 Å². The normalized spacial score (nSPS) is 13.2. The van der Waals surface area contributed by atoms with Gasteiger partial charge < -0.3 is 4.74 Å². The van der Waals surface area contributed by atoms with E-state index in [2.05, 4.69) is 0 Å². The Labute approximate surface area is 126 Å². The summed E-state index contributed by atoms with van der Waals surface area (Å²) in [5, 5.41) is 0.271. The second-order valence-corrected chi connectivity index (χ2v) is 6.90. The van der Waals surface area contributed by atoms with Crippen LogP contribution >= 0.6 is 11.8 Å². The Morgan fingerprint density at radius 1 is 1.25 bits per heavy atom. The van der Waals surface area contributed by atoms with Gasteiger partial charge >= 0.3 is 5.97 Å². The summed E-state index contributed by atoms with van der Waals surface area (Å²) in [6.45, 7) is 5.48. The number of ether oxygens (including phenoxy) is 1. The van der Waals surface area contributed by atoms with Crippen LogP contribution in [0.1, 0.15) is 65.7 Å². The number of alkyl halides is 2. The number of halogens is 2. The number of thioether (sulfide) groups is 1. The van der Waals surface area contributed by atoms with E-state index >= 15 is 0 Å². The molecule has 2 nitrogen and oxygen atoms in total. The first-order valence-corrected chi connectivity index (χ1v) is 8.55. The van der Waals surface area contributed by atoms with Crippen LogP contribution in [0.2, 0.25) is 0 Å². The van der Waals surface area contributed by atoms with Gasteiger partial charge in [0.25, 0.3) is 0 Å². The van der Waals surface area contributed by atoms with Crippen molar-refractivity contribution in [2.45, 2.75) is 76.9 Å². The highest BCUT2D eigenvalue weighted by atomic mass is 32.2. The van der Waals surface area contributed by atoms with Crippen molar-refractivity contribution in [3.63, 3.8) is 0 Å². The fraction of sp³-hybridized carbons (Fsp3) is 0.933. The molecule has 20 heavy (non-hydrogen) atoms. The lowest BCUT2D eigenvalue weighted by molar-refractivity contribution is -0.143. The van der Waals surface area contributed by atoms with E-state index in [4.69, 9.17) is 4.74 Å². The Balaban J connectivity index is 3.41. The van der Waals surface area contributed by atoms with Gasteiger partial charge in [0.05, 0.1) is 0 Å². The molecule has 1 unspecified atom stereocenters. The smallest absolute Gasteiger partial charge is 0.305 e. The first-order valence-electron chi connectivity index (χ1n) is 7.50. The van der Waals surface area contributed by atoms with Crippen LogP contribution in [0.15, 0.2) is 0 Å². The SMILES string of the molecule is CCCCC(=O)OCC(C)SCCCCCC(C)(F)F. The molecule has 0 aliphatic carbocycles. The molecule has 0 radical (unpaired) electrons. The predicted octanol–water partition coefficient (Wildman–Crippen LogP) is 5.06. The largest absolute Gasteiger partial charge is 0.465 e. The molecule has 0 rings (SSSR count). The molecule has 0 heterocycles. The Morgan fingerprint density at radius 3 is 2.55 bits per heavy atom. The molecule has 0 amide bonds. The standard InChI is InChI=1S/C15H28F2O2S/c1-4-5-9-14(18)19-12-13(2)20-11-8-6-7-10-15(3,16)17/h13H,4-12H2,1-3H3. The molecule has 0 saturated heterocycles. The second-order valence-electron chi connectivity index (χ2n) is 5.35. The van der Waals surface area contributed by atoms with Crippen molar-refractivity contribution in [1.29, 1.82) is 0 Å². The molecular weight excluding hydrogens is 282 g/mol. The predicted molar refractivity (Wildman–Crippen MR) is 81.5 cm³/mol. The first-order chi connectivity index (χ1) is 9.35. The van der Waals surface area contributed by atoms with Crippen molar-refractivity contribution in [3.05, 3.63) is 0 Å². The lowest BCUT2D eigenvalue weighted by atomic mass is 10.1. The summed E-state index contributed by atoms with van der Waals surface area (Å²) in [7, 11) is 0. The summed E-state index contributed by atoms with van der Waals surface area (Å²) in [5.41, 5.74) is 0. The monoisotopic (exact) mass is 310 g/mol. The number of hydrogen-bond acceptors (Lipinski definition) is 3. The molecule has 0 fully saturated rings. The Morgan fingerprint density at radius 2 is 1.95 bits per heavy atom. The van der Waals surface area contributed by atoms with Crippen LogP contribution in [-0.2, 0) is 9.53 Å². The molecule has 5 heteroatoms. The van der Waals surface area contributed by atoms with Crippen LogP contribution in [0.5, 0.6) is 0 Å². The fourth-order valence-electron chi connectivity index (χ4n) is 1.65. The number of carbonyl (C=O) groups is 1. The van der Waals surface area contributed by atoms with Gasteiger partial charge in [-0.1, -0.05) is 19.8 Å². The highest BCUT2D eigenvalue weighted by Gasteiger charge is 2.19. The number of esters is 1. The van der Waals surface area contributed by atoms with E-state index in [0.29, 0.717) is 19.4 Å². The summed E-state index contributed by atoms with van der Waals surface area (Å²) < 4.78 is 30.3. The van der Waals surface area contributed by atoms with Crippen molar-refractivity contribution < 1.29 is 18.3 Å². The van der Waals surface area contributed by atoms with E-state index in [1.165, 1.54) is 0 Å². The van der Waals surface area contributed by atoms with Gasteiger partial charge in [0.2, 0.25) is 5.92 Å². The number of hydrogen-bond donors (Lipinski definition) is 0. The minimum absolute atomic E-state index is 0.0255. The topological polar surface area (TPSA) is 26.3 Å². The highest BCUT2D eigenvalue weighted by molar-refractivity contribution is 7.99. The van der Waals surface area contributed by atoms with E-state index < -0.39 is 5.92 Å². The Kier molecular flexibility index (Phi) is 11.2. The van der Waals surface area contributed by atoms with Gasteiger partial charge in [-0.25, -0.2) is 8.78 Å². The quantitative estimate of drug-likeness (QED) is 0.372. The maximum atomic E-state index is 12.6. The highest BCUT2D eigenvalue weighted by Crippen LogP contribution is 2.21. The zero-order valence-corrected chi connectivity index (χ0v) is 13.7. The third-order valence-electron chi connectivity index (χ3n) is 2.88.